The normalized spacial score (nSPS) is 13.3. The van der Waals surface area contributed by atoms with E-state index in [4.69, 9.17) is 10.5 Å². The first-order valence-electron chi connectivity index (χ1n) is 8.90. The molecule has 9 nitrogen and oxygen atoms in total. The second-order valence-corrected chi connectivity index (χ2v) is 6.39. The van der Waals surface area contributed by atoms with Crippen molar-refractivity contribution in [3.63, 3.8) is 0 Å². The van der Waals surface area contributed by atoms with E-state index < -0.39 is 24.1 Å². The average Bonchev–Trinajstić information content (AvgIpc) is 3.03. The Hall–Kier alpha value is -4.48. The van der Waals surface area contributed by atoms with Gasteiger partial charge in [-0.3, -0.25) is 9.78 Å². The van der Waals surface area contributed by atoms with Gasteiger partial charge in [0.1, 0.15) is 23.0 Å². The number of ether oxygens (including phenoxy) is 3. The van der Waals surface area contributed by atoms with E-state index in [-0.39, 0.29) is 40.1 Å². The number of carbonyl (C=O) groups is 2. The smallest absolute Gasteiger partial charge is 0.457 e. The molecule has 0 spiro atoms. The lowest BCUT2D eigenvalue weighted by molar-refractivity contribution is -0.286. The van der Waals surface area contributed by atoms with E-state index in [9.17, 15) is 22.8 Å². The van der Waals surface area contributed by atoms with Crippen LogP contribution in [0.5, 0.6) is 23.0 Å². The molecule has 1 aliphatic rings. The lowest BCUT2D eigenvalue weighted by Gasteiger charge is -2.11. The van der Waals surface area contributed by atoms with Crippen molar-refractivity contribution in [2.24, 2.45) is 5.73 Å². The van der Waals surface area contributed by atoms with Crippen molar-refractivity contribution in [1.82, 2.24) is 4.98 Å². The van der Waals surface area contributed by atoms with Gasteiger partial charge in [0, 0.05) is 30.1 Å². The van der Waals surface area contributed by atoms with Gasteiger partial charge < -0.3 is 30.6 Å². The van der Waals surface area contributed by atoms with E-state index in [1.54, 1.807) is 0 Å². The highest BCUT2D eigenvalue weighted by molar-refractivity contribution is 6.00. The highest BCUT2D eigenvalue weighted by atomic mass is 19.3. The van der Waals surface area contributed by atoms with Gasteiger partial charge in [0.2, 0.25) is 0 Å². The molecule has 164 valence electrons. The fourth-order valence-electron chi connectivity index (χ4n) is 2.72. The Morgan fingerprint density at radius 3 is 2.47 bits per heavy atom. The lowest BCUT2D eigenvalue weighted by atomic mass is 10.2. The Bertz CT molecular complexity index is 1220. The first-order chi connectivity index (χ1) is 15.2. The predicted octanol–water partition coefficient (Wildman–Crippen LogP) is 4.08. The van der Waals surface area contributed by atoms with Crippen molar-refractivity contribution in [3.8, 4) is 23.0 Å². The van der Waals surface area contributed by atoms with Crippen LogP contribution in [-0.2, 0) is 0 Å². The third kappa shape index (κ3) is 4.64. The molecule has 2 heterocycles. The molecule has 1 aromatic heterocycles. The van der Waals surface area contributed by atoms with Gasteiger partial charge in [0.25, 0.3) is 5.91 Å². The summed E-state index contributed by atoms with van der Waals surface area (Å²) in [6.07, 6.45) is -2.48. The standard InChI is InChI=1S/C20H13F3N4O5/c21-13-8-11(30-12-5-6-25-15(9-12)18(24)28)2-3-14(13)27-19(29)26-10-1-4-16-17(7-10)32-20(22,23)31-16/h1-9H,(H2,24,28)(H2,26,27,29). The molecule has 0 atom stereocenters. The van der Waals surface area contributed by atoms with Crippen LogP contribution in [0.3, 0.4) is 0 Å². The fourth-order valence-corrected chi connectivity index (χ4v) is 2.72. The largest absolute Gasteiger partial charge is 0.586 e. The topological polar surface area (TPSA) is 125 Å². The monoisotopic (exact) mass is 446 g/mol. The molecule has 12 heteroatoms. The number of fused-ring (bicyclic) bond motifs is 1. The van der Waals surface area contributed by atoms with Crippen molar-refractivity contribution in [2.45, 2.75) is 6.29 Å². The molecule has 0 unspecified atom stereocenters. The Kier molecular flexibility index (Phi) is 5.18. The minimum Gasteiger partial charge on any atom is -0.457 e. The molecule has 0 aliphatic carbocycles. The van der Waals surface area contributed by atoms with E-state index >= 15 is 0 Å². The Morgan fingerprint density at radius 2 is 1.72 bits per heavy atom. The van der Waals surface area contributed by atoms with Crippen LogP contribution < -0.4 is 30.6 Å². The zero-order chi connectivity index (χ0) is 22.9. The second kappa shape index (κ2) is 7.98. The number of benzene rings is 2. The molecule has 3 amide bonds. The van der Waals surface area contributed by atoms with Gasteiger partial charge in [-0.1, -0.05) is 0 Å². The first kappa shape index (κ1) is 20.8. The van der Waals surface area contributed by atoms with E-state index in [2.05, 4.69) is 25.1 Å². The van der Waals surface area contributed by atoms with Crippen LogP contribution in [0.2, 0.25) is 0 Å². The van der Waals surface area contributed by atoms with E-state index in [0.717, 1.165) is 12.1 Å². The van der Waals surface area contributed by atoms with Crippen LogP contribution in [-0.4, -0.2) is 23.2 Å². The van der Waals surface area contributed by atoms with Gasteiger partial charge in [0.15, 0.2) is 11.5 Å². The highest BCUT2D eigenvalue weighted by Gasteiger charge is 2.43. The number of nitrogens with one attached hydrogen (secondary N) is 2. The Morgan fingerprint density at radius 1 is 0.969 bits per heavy atom. The summed E-state index contributed by atoms with van der Waals surface area (Å²) in [6, 6.07) is 9.20. The molecule has 0 saturated carbocycles. The zero-order valence-electron chi connectivity index (χ0n) is 15.9. The number of urea groups is 1. The van der Waals surface area contributed by atoms with Gasteiger partial charge in [-0.2, -0.15) is 0 Å². The third-order valence-corrected chi connectivity index (χ3v) is 4.07. The summed E-state index contributed by atoms with van der Waals surface area (Å²) in [4.78, 5) is 27.1. The molecular weight excluding hydrogens is 433 g/mol. The summed E-state index contributed by atoms with van der Waals surface area (Å²) < 4.78 is 54.6. The second-order valence-electron chi connectivity index (χ2n) is 6.39. The molecule has 0 saturated heterocycles. The molecule has 0 radical (unpaired) electrons. The number of carbonyl (C=O) groups excluding carboxylic acids is 2. The van der Waals surface area contributed by atoms with Crippen LogP contribution in [0.4, 0.5) is 29.3 Å². The highest BCUT2D eigenvalue weighted by Crippen LogP contribution is 2.42. The number of hydrogen-bond acceptors (Lipinski definition) is 6. The number of anilines is 2. The minimum atomic E-state index is -3.78. The molecule has 4 N–H and O–H groups in total. The van der Waals surface area contributed by atoms with Crippen molar-refractivity contribution in [1.29, 1.82) is 0 Å². The van der Waals surface area contributed by atoms with Crippen LogP contribution in [0.15, 0.2) is 54.7 Å². The van der Waals surface area contributed by atoms with E-state index in [1.807, 2.05) is 0 Å². The minimum absolute atomic E-state index is 0.0230. The van der Waals surface area contributed by atoms with E-state index in [0.29, 0.717) is 0 Å². The predicted molar refractivity (Wildman–Crippen MR) is 105 cm³/mol. The van der Waals surface area contributed by atoms with Gasteiger partial charge >= 0.3 is 12.3 Å². The van der Waals surface area contributed by atoms with Crippen LogP contribution in [0.25, 0.3) is 0 Å². The quantitative estimate of drug-likeness (QED) is 0.543. The summed E-state index contributed by atoms with van der Waals surface area (Å²) in [5.74, 6) is -1.70. The number of aromatic nitrogens is 1. The maximum atomic E-state index is 14.4. The maximum absolute atomic E-state index is 14.4. The van der Waals surface area contributed by atoms with E-state index in [1.165, 1.54) is 42.6 Å². The van der Waals surface area contributed by atoms with Gasteiger partial charge in [0.05, 0.1) is 5.69 Å². The Labute approximate surface area is 177 Å². The molecular formula is C20H13F3N4O5. The summed E-state index contributed by atoms with van der Waals surface area (Å²) in [5.41, 5.74) is 5.07. The Balaban J connectivity index is 1.40. The summed E-state index contributed by atoms with van der Waals surface area (Å²) >= 11 is 0. The molecule has 32 heavy (non-hydrogen) atoms. The number of halogens is 3. The number of primary amides is 1. The van der Waals surface area contributed by atoms with Crippen molar-refractivity contribution >= 4 is 23.3 Å². The summed E-state index contributed by atoms with van der Waals surface area (Å²) in [6.45, 7) is 0. The SMILES string of the molecule is NC(=O)c1cc(Oc2ccc(NC(=O)Nc3ccc4c(c3)OC(F)(F)O4)c(F)c2)ccn1. The number of amides is 3. The molecule has 3 aromatic rings. The van der Waals surface area contributed by atoms with Gasteiger partial charge in [-0.05, 0) is 30.3 Å². The van der Waals surface area contributed by atoms with Gasteiger partial charge in [-0.25, -0.2) is 9.18 Å². The molecule has 0 fully saturated rings. The van der Waals surface area contributed by atoms with Crippen LogP contribution in [0.1, 0.15) is 10.5 Å². The average molecular weight is 446 g/mol. The van der Waals surface area contributed by atoms with Crippen molar-refractivity contribution < 1.29 is 37.0 Å². The number of hydrogen-bond donors (Lipinski definition) is 3. The number of alkyl halides is 2. The molecule has 0 bridgehead atoms. The van der Waals surface area contributed by atoms with Crippen LogP contribution in [0, 0.1) is 5.82 Å². The van der Waals surface area contributed by atoms with Gasteiger partial charge in [-0.15, -0.1) is 8.78 Å². The molecule has 4 rings (SSSR count). The first-order valence-corrected chi connectivity index (χ1v) is 8.90. The number of nitrogens with zero attached hydrogens (tertiary/aromatic N) is 1. The summed E-state index contributed by atoms with van der Waals surface area (Å²) in [7, 11) is 0. The molecule has 1 aliphatic heterocycles. The fraction of sp³-hybridized carbons (Fsp3) is 0.0500. The van der Waals surface area contributed by atoms with Crippen molar-refractivity contribution in [3.05, 3.63) is 66.2 Å². The van der Waals surface area contributed by atoms with Crippen LogP contribution >= 0.6 is 0 Å². The number of pyridine rings is 1. The third-order valence-electron chi connectivity index (χ3n) is 4.07. The maximum Gasteiger partial charge on any atom is 0.586 e. The number of nitrogens with two attached hydrogens (primary N) is 1. The lowest BCUT2D eigenvalue weighted by Crippen LogP contribution is -2.25. The molecule has 2 aromatic carbocycles. The van der Waals surface area contributed by atoms with Crippen molar-refractivity contribution in [2.75, 3.05) is 10.6 Å². The zero-order valence-corrected chi connectivity index (χ0v) is 15.9. The number of rotatable bonds is 5. The summed E-state index contributed by atoms with van der Waals surface area (Å²) in [5, 5.41) is 4.65.